The molecular formula is C6H4N4. The summed E-state index contributed by atoms with van der Waals surface area (Å²) in [5, 5.41) is 17.9. The first-order chi connectivity index (χ1) is 4.88. The SMILES string of the molecule is N#CC1=CC=CNN1C#N. The van der Waals surface area contributed by atoms with Crippen molar-refractivity contribution >= 4 is 0 Å². The van der Waals surface area contributed by atoms with Crippen molar-refractivity contribution in [1.82, 2.24) is 10.4 Å². The molecule has 0 atom stereocenters. The molecule has 0 aliphatic carbocycles. The van der Waals surface area contributed by atoms with Crippen LogP contribution < -0.4 is 5.43 Å². The van der Waals surface area contributed by atoms with Crippen LogP contribution in [0.1, 0.15) is 0 Å². The second-order valence-corrected chi connectivity index (χ2v) is 1.59. The molecule has 0 spiro atoms. The fourth-order valence-corrected chi connectivity index (χ4v) is 0.571. The van der Waals surface area contributed by atoms with Gasteiger partial charge >= 0.3 is 0 Å². The molecule has 4 heteroatoms. The third-order valence-electron chi connectivity index (χ3n) is 1.01. The van der Waals surface area contributed by atoms with E-state index in [2.05, 4.69) is 5.43 Å². The standard InChI is InChI=1S/C6H4N4/c7-4-6-2-1-3-9-10(6)5-8/h1-3,9H. The molecule has 10 heavy (non-hydrogen) atoms. The van der Waals surface area contributed by atoms with Crippen LogP contribution in [0.2, 0.25) is 0 Å². The van der Waals surface area contributed by atoms with Crippen LogP contribution in [0.4, 0.5) is 0 Å². The van der Waals surface area contributed by atoms with Crippen LogP contribution in [0.5, 0.6) is 0 Å². The van der Waals surface area contributed by atoms with Gasteiger partial charge in [0.2, 0.25) is 6.19 Å². The number of rotatable bonds is 0. The van der Waals surface area contributed by atoms with Crippen molar-refractivity contribution in [3.63, 3.8) is 0 Å². The Bertz CT molecular complexity index is 262. The van der Waals surface area contributed by atoms with E-state index < -0.39 is 0 Å². The lowest BCUT2D eigenvalue weighted by Crippen LogP contribution is -2.29. The van der Waals surface area contributed by atoms with Crippen molar-refractivity contribution in [2.45, 2.75) is 0 Å². The van der Waals surface area contributed by atoms with E-state index in [9.17, 15) is 0 Å². The van der Waals surface area contributed by atoms with E-state index in [0.717, 1.165) is 5.01 Å². The van der Waals surface area contributed by atoms with Crippen LogP contribution in [0, 0.1) is 22.8 Å². The summed E-state index contributed by atoms with van der Waals surface area (Å²) in [5.41, 5.74) is 2.87. The molecule has 1 aliphatic heterocycles. The van der Waals surface area contributed by atoms with Gasteiger partial charge in [-0.3, -0.25) is 5.43 Å². The molecule has 0 aromatic heterocycles. The lowest BCUT2D eigenvalue weighted by Gasteiger charge is -2.14. The average molecular weight is 132 g/mol. The van der Waals surface area contributed by atoms with Crippen molar-refractivity contribution in [3.05, 3.63) is 24.0 Å². The Hall–Kier alpha value is -1.94. The van der Waals surface area contributed by atoms with Gasteiger partial charge in [-0.05, 0) is 12.2 Å². The summed E-state index contributed by atoms with van der Waals surface area (Å²) >= 11 is 0. The van der Waals surface area contributed by atoms with E-state index in [-0.39, 0.29) is 0 Å². The van der Waals surface area contributed by atoms with Gasteiger partial charge in [0.05, 0.1) is 0 Å². The van der Waals surface area contributed by atoms with Gasteiger partial charge in [-0.25, -0.2) is 0 Å². The van der Waals surface area contributed by atoms with E-state index in [1.807, 2.05) is 6.07 Å². The summed E-state index contributed by atoms with van der Waals surface area (Å²) in [6.07, 6.45) is 6.57. The summed E-state index contributed by atoms with van der Waals surface area (Å²) in [6.45, 7) is 0. The molecule has 1 aliphatic rings. The average Bonchev–Trinajstić information content (AvgIpc) is 2.04. The van der Waals surface area contributed by atoms with Gasteiger partial charge in [0.15, 0.2) is 5.70 Å². The quantitative estimate of drug-likeness (QED) is 0.478. The van der Waals surface area contributed by atoms with Crippen LogP contribution in [0.25, 0.3) is 0 Å². The van der Waals surface area contributed by atoms with Gasteiger partial charge < -0.3 is 0 Å². The zero-order chi connectivity index (χ0) is 7.40. The van der Waals surface area contributed by atoms with Crippen LogP contribution in [0.15, 0.2) is 24.0 Å². The number of nitrogens with one attached hydrogen (secondary N) is 1. The second kappa shape index (κ2) is 2.56. The molecule has 0 fully saturated rings. The highest BCUT2D eigenvalue weighted by Gasteiger charge is 2.06. The summed E-state index contributed by atoms with van der Waals surface area (Å²) in [5.74, 6) is 0. The minimum atomic E-state index is 0.296. The maximum Gasteiger partial charge on any atom is 0.205 e. The fraction of sp³-hybridized carbons (Fsp3) is 0. The van der Waals surface area contributed by atoms with Crippen LogP contribution in [0.3, 0.4) is 0 Å². The molecule has 1 rings (SSSR count). The van der Waals surface area contributed by atoms with E-state index in [1.54, 1.807) is 24.5 Å². The minimum Gasteiger partial charge on any atom is -0.292 e. The lowest BCUT2D eigenvalue weighted by atomic mass is 10.4. The van der Waals surface area contributed by atoms with Gasteiger partial charge in [-0.2, -0.15) is 15.5 Å². The molecule has 0 saturated heterocycles. The van der Waals surface area contributed by atoms with Crippen molar-refractivity contribution in [2.24, 2.45) is 0 Å². The van der Waals surface area contributed by atoms with E-state index >= 15 is 0 Å². The maximum atomic E-state index is 8.41. The first-order valence-corrected chi connectivity index (χ1v) is 2.61. The largest absolute Gasteiger partial charge is 0.292 e. The monoisotopic (exact) mass is 132 g/mol. The molecule has 0 saturated carbocycles. The molecule has 4 nitrogen and oxygen atoms in total. The zero-order valence-electron chi connectivity index (χ0n) is 5.07. The van der Waals surface area contributed by atoms with E-state index in [0.29, 0.717) is 5.70 Å². The number of nitriles is 2. The highest BCUT2D eigenvalue weighted by molar-refractivity contribution is 5.28. The normalized spacial score (nSPS) is 14.6. The molecule has 1 heterocycles. The first-order valence-electron chi connectivity index (χ1n) is 2.61. The van der Waals surface area contributed by atoms with Crippen molar-refractivity contribution in [2.75, 3.05) is 0 Å². The Labute approximate surface area is 58.2 Å². The predicted octanol–water partition coefficient (Wildman–Crippen LogP) is 0.209. The van der Waals surface area contributed by atoms with Crippen LogP contribution in [-0.2, 0) is 0 Å². The van der Waals surface area contributed by atoms with Gasteiger partial charge in [0, 0.05) is 6.20 Å². The number of hydrogen-bond donors (Lipinski definition) is 1. The molecular weight excluding hydrogens is 128 g/mol. The summed E-state index contributed by atoms with van der Waals surface area (Å²) in [7, 11) is 0. The van der Waals surface area contributed by atoms with Gasteiger partial charge in [0.25, 0.3) is 0 Å². The van der Waals surface area contributed by atoms with Gasteiger partial charge in [-0.15, -0.1) is 0 Å². The molecule has 0 radical (unpaired) electrons. The summed E-state index contributed by atoms with van der Waals surface area (Å²) in [6, 6.07) is 1.86. The number of allylic oxidation sites excluding steroid dienone is 3. The van der Waals surface area contributed by atoms with Crippen LogP contribution in [-0.4, -0.2) is 5.01 Å². The van der Waals surface area contributed by atoms with Crippen molar-refractivity contribution in [1.29, 1.82) is 10.5 Å². The second-order valence-electron chi connectivity index (χ2n) is 1.59. The van der Waals surface area contributed by atoms with E-state index in [4.69, 9.17) is 10.5 Å². The molecule has 48 valence electrons. The lowest BCUT2D eigenvalue weighted by molar-refractivity contribution is 0.422. The smallest absolute Gasteiger partial charge is 0.205 e. The van der Waals surface area contributed by atoms with Gasteiger partial charge in [0.1, 0.15) is 6.07 Å². The number of hydrogen-bond acceptors (Lipinski definition) is 4. The zero-order valence-corrected chi connectivity index (χ0v) is 5.07. The van der Waals surface area contributed by atoms with Crippen LogP contribution >= 0.6 is 0 Å². The Kier molecular flexibility index (Phi) is 1.58. The Morgan fingerprint density at radius 3 is 2.80 bits per heavy atom. The van der Waals surface area contributed by atoms with Crippen molar-refractivity contribution in [3.8, 4) is 12.3 Å². The fourth-order valence-electron chi connectivity index (χ4n) is 0.571. The molecule has 0 aromatic carbocycles. The summed E-state index contributed by atoms with van der Waals surface area (Å²) in [4.78, 5) is 0. The first kappa shape index (κ1) is 6.18. The highest BCUT2D eigenvalue weighted by atomic mass is 15.5. The molecule has 0 unspecified atom stereocenters. The molecule has 0 aromatic rings. The number of nitrogens with zero attached hydrogens (tertiary/aromatic N) is 3. The topological polar surface area (TPSA) is 62.9 Å². The van der Waals surface area contributed by atoms with E-state index in [1.165, 1.54) is 0 Å². The Balaban J connectivity index is 2.86. The summed E-state index contributed by atoms with van der Waals surface area (Å²) < 4.78 is 0. The maximum absolute atomic E-state index is 8.41. The highest BCUT2D eigenvalue weighted by Crippen LogP contribution is 2.01. The third kappa shape index (κ3) is 0.910. The number of hydrazine groups is 1. The Morgan fingerprint density at radius 2 is 2.30 bits per heavy atom. The molecule has 1 N–H and O–H groups in total. The predicted molar refractivity (Wildman–Crippen MR) is 33.4 cm³/mol. The molecule has 0 bridgehead atoms. The van der Waals surface area contributed by atoms with Gasteiger partial charge in [-0.1, -0.05) is 0 Å². The van der Waals surface area contributed by atoms with Crippen molar-refractivity contribution < 1.29 is 0 Å². The Morgan fingerprint density at radius 1 is 1.50 bits per heavy atom. The third-order valence-corrected chi connectivity index (χ3v) is 1.01. The molecule has 0 amide bonds. The minimum absolute atomic E-state index is 0.296.